The number of rotatable bonds is 13. The zero-order valence-electron chi connectivity index (χ0n) is 20.8. The van der Waals surface area contributed by atoms with Gasteiger partial charge in [0.2, 0.25) is 0 Å². The maximum absolute atomic E-state index is 2.28. The van der Waals surface area contributed by atoms with Crippen molar-refractivity contribution >= 4 is 40.8 Å². The summed E-state index contributed by atoms with van der Waals surface area (Å²) in [6, 6.07) is 32.3. The molecule has 0 saturated heterocycles. The summed E-state index contributed by atoms with van der Waals surface area (Å²) in [6.07, 6.45) is 15.9. The molecule has 0 radical (unpaired) electrons. The fourth-order valence-corrected chi connectivity index (χ4v) is 6.22. The molecule has 0 aliphatic carbocycles. The molecule has 0 aliphatic rings. The molecule has 0 spiro atoms. The molecular formula is C31H44BrP. The molecule has 3 rings (SSSR count). The van der Waals surface area contributed by atoms with Crippen molar-refractivity contribution in [2.24, 2.45) is 0 Å². The Bertz CT molecular complexity index is 685. The molecule has 0 nitrogen and oxygen atoms in total. The summed E-state index contributed by atoms with van der Waals surface area (Å²) in [6.45, 7) is 4.56. The molecule has 0 fully saturated rings. The summed E-state index contributed by atoms with van der Waals surface area (Å²) in [5.41, 5.74) is 0. The largest absolute Gasteiger partial charge is 0.114 e. The van der Waals surface area contributed by atoms with Crippen LogP contribution < -0.4 is 15.9 Å². The smallest absolute Gasteiger partial charge is 0.0134 e. The van der Waals surface area contributed by atoms with Gasteiger partial charge in [0.15, 0.2) is 0 Å². The zero-order valence-corrected chi connectivity index (χ0v) is 23.4. The Labute approximate surface area is 215 Å². The molecule has 0 bridgehead atoms. The Morgan fingerprint density at radius 1 is 0.394 bits per heavy atom. The van der Waals surface area contributed by atoms with Crippen LogP contribution in [0.15, 0.2) is 91.0 Å². The standard InChI is InChI=1S/C18H15P.C13H28.BrH/c1-4-10-16(11-5-1)19(17-12-6-2-7-13-17)18-14-8-3-9-15-18;1-3-5-7-9-11-13-12-10-8-6-4-2;/h1-15H;3-13H2,1-2H3;1H. The van der Waals surface area contributed by atoms with E-state index in [0.29, 0.717) is 0 Å². The second-order valence-electron chi connectivity index (χ2n) is 8.52. The molecule has 0 saturated carbocycles. The molecule has 180 valence electrons. The SMILES string of the molecule is Br.CCCCCCCCCCCCC.c1ccc(P(c2ccccc2)c2ccccc2)cc1. The van der Waals surface area contributed by atoms with Crippen molar-refractivity contribution in [2.75, 3.05) is 0 Å². The van der Waals surface area contributed by atoms with Crippen LogP contribution in [0.3, 0.4) is 0 Å². The first-order valence-corrected chi connectivity index (χ1v) is 14.2. The molecule has 0 amide bonds. The minimum absolute atomic E-state index is 0. The van der Waals surface area contributed by atoms with E-state index in [9.17, 15) is 0 Å². The predicted octanol–water partition coefficient (Wildman–Crippen LogP) is 9.34. The molecule has 33 heavy (non-hydrogen) atoms. The number of hydrogen-bond donors (Lipinski definition) is 0. The summed E-state index contributed by atoms with van der Waals surface area (Å²) >= 11 is 0. The highest BCUT2D eigenvalue weighted by atomic mass is 79.9. The molecular weight excluding hydrogens is 483 g/mol. The molecule has 0 aromatic heterocycles. The lowest BCUT2D eigenvalue weighted by Crippen LogP contribution is -2.20. The number of benzene rings is 3. The van der Waals surface area contributed by atoms with E-state index in [-0.39, 0.29) is 17.0 Å². The van der Waals surface area contributed by atoms with Crippen LogP contribution in [0, 0.1) is 0 Å². The Balaban J connectivity index is 0.000000346. The van der Waals surface area contributed by atoms with E-state index in [1.165, 1.54) is 86.5 Å². The third-order valence-electron chi connectivity index (χ3n) is 5.75. The number of halogens is 1. The van der Waals surface area contributed by atoms with Gasteiger partial charge >= 0.3 is 0 Å². The van der Waals surface area contributed by atoms with Gasteiger partial charge < -0.3 is 0 Å². The molecule has 0 aliphatic heterocycles. The van der Waals surface area contributed by atoms with E-state index < -0.39 is 7.92 Å². The van der Waals surface area contributed by atoms with Crippen molar-refractivity contribution in [3.63, 3.8) is 0 Å². The normalized spacial score (nSPS) is 10.3. The van der Waals surface area contributed by atoms with Gasteiger partial charge in [-0.2, -0.15) is 0 Å². The van der Waals surface area contributed by atoms with E-state index >= 15 is 0 Å². The van der Waals surface area contributed by atoms with Crippen LogP contribution >= 0.6 is 24.9 Å². The van der Waals surface area contributed by atoms with E-state index in [4.69, 9.17) is 0 Å². The van der Waals surface area contributed by atoms with E-state index in [2.05, 4.69) is 105 Å². The van der Waals surface area contributed by atoms with Crippen LogP contribution in [0.2, 0.25) is 0 Å². The second kappa shape index (κ2) is 20.0. The van der Waals surface area contributed by atoms with Gasteiger partial charge in [0.05, 0.1) is 0 Å². The average Bonchev–Trinajstić information content (AvgIpc) is 2.86. The van der Waals surface area contributed by atoms with Gasteiger partial charge in [0.1, 0.15) is 0 Å². The quantitative estimate of drug-likeness (QED) is 0.153. The summed E-state index contributed by atoms with van der Waals surface area (Å²) in [5, 5.41) is 4.19. The topological polar surface area (TPSA) is 0 Å². The molecule has 0 unspecified atom stereocenters. The molecule has 3 aromatic rings. The van der Waals surface area contributed by atoms with Gasteiger partial charge in [-0.25, -0.2) is 0 Å². The van der Waals surface area contributed by atoms with Gasteiger partial charge in [-0.3, -0.25) is 0 Å². The van der Waals surface area contributed by atoms with Crippen LogP contribution in [0.25, 0.3) is 0 Å². The van der Waals surface area contributed by atoms with Crippen molar-refractivity contribution in [2.45, 2.75) is 84.5 Å². The van der Waals surface area contributed by atoms with Crippen LogP contribution in [-0.4, -0.2) is 0 Å². The number of unbranched alkanes of at least 4 members (excludes halogenated alkanes) is 10. The van der Waals surface area contributed by atoms with Crippen LogP contribution in [0.1, 0.15) is 84.5 Å². The van der Waals surface area contributed by atoms with Gasteiger partial charge in [-0.1, -0.05) is 175 Å². The highest BCUT2D eigenvalue weighted by molar-refractivity contribution is 8.93. The Morgan fingerprint density at radius 2 is 0.636 bits per heavy atom. The fourth-order valence-electron chi connectivity index (χ4n) is 3.92. The second-order valence-corrected chi connectivity index (χ2v) is 10.7. The maximum atomic E-state index is 2.28. The Morgan fingerprint density at radius 3 is 0.879 bits per heavy atom. The van der Waals surface area contributed by atoms with Crippen LogP contribution in [0.4, 0.5) is 0 Å². The minimum Gasteiger partial charge on any atom is -0.114 e. The average molecular weight is 528 g/mol. The first-order valence-electron chi connectivity index (χ1n) is 12.8. The highest BCUT2D eigenvalue weighted by Gasteiger charge is 2.14. The number of hydrogen-bond acceptors (Lipinski definition) is 0. The lowest BCUT2D eigenvalue weighted by atomic mass is 10.1. The lowest BCUT2D eigenvalue weighted by molar-refractivity contribution is 0.554. The molecule has 0 atom stereocenters. The summed E-state index contributed by atoms with van der Waals surface area (Å²) in [7, 11) is -0.446. The third kappa shape index (κ3) is 12.6. The summed E-state index contributed by atoms with van der Waals surface area (Å²) < 4.78 is 0. The van der Waals surface area contributed by atoms with Crippen molar-refractivity contribution in [1.82, 2.24) is 0 Å². The van der Waals surface area contributed by atoms with Crippen LogP contribution in [-0.2, 0) is 0 Å². The first-order chi connectivity index (χ1) is 15.9. The van der Waals surface area contributed by atoms with Crippen LogP contribution in [0.5, 0.6) is 0 Å². The third-order valence-corrected chi connectivity index (χ3v) is 8.19. The predicted molar refractivity (Wildman–Crippen MR) is 158 cm³/mol. The van der Waals surface area contributed by atoms with Gasteiger partial charge in [0.25, 0.3) is 0 Å². The maximum Gasteiger partial charge on any atom is -0.0134 e. The molecule has 2 heteroatoms. The van der Waals surface area contributed by atoms with Crippen molar-refractivity contribution < 1.29 is 0 Å². The van der Waals surface area contributed by atoms with E-state index in [0.717, 1.165) is 0 Å². The van der Waals surface area contributed by atoms with Gasteiger partial charge in [-0.15, -0.1) is 17.0 Å². The van der Waals surface area contributed by atoms with Gasteiger partial charge in [-0.05, 0) is 23.8 Å². The summed E-state index contributed by atoms with van der Waals surface area (Å²) in [5.74, 6) is 0. The molecule has 0 N–H and O–H groups in total. The summed E-state index contributed by atoms with van der Waals surface area (Å²) in [4.78, 5) is 0. The highest BCUT2D eigenvalue weighted by Crippen LogP contribution is 2.32. The molecule has 3 aromatic carbocycles. The van der Waals surface area contributed by atoms with Crippen molar-refractivity contribution in [3.05, 3.63) is 91.0 Å². The van der Waals surface area contributed by atoms with Crippen molar-refractivity contribution in [3.8, 4) is 0 Å². The molecule has 0 heterocycles. The van der Waals surface area contributed by atoms with Crippen molar-refractivity contribution in [1.29, 1.82) is 0 Å². The minimum atomic E-state index is -0.446. The van der Waals surface area contributed by atoms with E-state index in [1.807, 2.05) is 0 Å². The Hall–Kier alpha value is -1.43. The lowest BCUT2D eigenvalue weighted by Gasteiger charge is -2.18. The first kappa shape index (κ1) is 29.6. The Kier molecular flexibility index (Phi) is 17.9. The monoisotopic (exact) mass is 526 g/mol. The zero-order chi connectivity index (χ0) is 22.7. The van der Waals surface area contributed by atoms with Gasteiger partial charge in [0, 0.05) is 0 Å². The van der Waals surface area contributed by atoms with E-state index in [1.54, 1.807) is 0 Å². The fraction of sp³-hybridized carbons (Fsp3) is 0.419.